The van der Waals surface area contributed by atoms with Gasteiger partial charge < -0.3 is 15.2 Å². The Bertz CT molecular complexity index is 586. The summed E-state index contributed by atoms with van der Waals surface area (Å²) in [6.45, 7) is 1.26. The molecular formula is C18H23NO4. The van der Waals surface area contributed by atoms with Crippen molar-refractivity contribution in [3.63, 3.8) is 0 Å². The molecule has 1 aromatic carbocycles. The smallest absolute Gasteiger partial charge is 0.306 e. The van der Waals surface area contributed by atoms with Gasteiger partial charge in [0.1, 0.15) is 5.75 Å². The van der Waals surface area contributed by atoms with Gasteiger partial charge in [0.05, 0.1) is 12.5 Å². The highest BCUT2D eigenvalue weighted by Crippen LogP contribution is 2.33. The predicted molar refractivity (Wildman–Crippen MR) is 85.4 cm³/mol. The molecule has 1 amide bonds. The van der Waals surface area contributed by atoms with Crippen LogP contribution in [-0.2, 0) is 9.59 Å². The van der Waals surface area contributed by atoms with Crippen molar-refractivity contribution in [1.82, 2.24) is 5.32 Å². The lowest BCUT2D eigenvalue weighted by Gasteiger charge is -2.28. The van der Waals surface area contributed by atoms with Gasteiger partial charge >= 0.3 is 5.97 Å². The largest absolute Gasteiger partial charge is 0.493 e. The summed E-state index contributed by atoms with van der Waals surface area (Å²) < 4.78 is 5.64. The fourth-order valence-corrected chi connectivity index (χ4v) is 3.65. The third-order valence-electron chi connectivity index (χ3n) is 5.00. The molecule has 124 valence electrons. The molecule has 23 heavy (non-hydrogen) atoms. The van der Waals surface area contributed by atoms with Gasteiger partial charge in [0.15, 0.2) is 0 Å². The minimum absolute atomic E-state index is 0.0000713. The van der Waals surface area contributed by atoms with Gasteiger partial charge in [-0.1, -0.05) is 24.6 Å². The van der Waals surface area contributed by atoms with E-state index >= 15 is 0 Å². The van der Waals surface area contributed by atoms with Crippen LogP contribution in [0, 0.1) is 11.8 Å². The van der Waals surface area contributed by atoms with Crippen molar-refractivity contribution in [1.29, 1.82) is 0 Å². The summed E-state index contributed by atoms with van der Waals surface area (Å²) in [7, 11) is 0. The highest BCUT2D eigenvalue weighted by atomic mass is 16.5. The molecule has 1 aliphatic heterocycles. The predicted octanol–water partition coefficient (Wildman–Crippen LogP) is 2.56. The van der Waals surface area contributed by atoms with Crippen LogP contribution in [0.15, 0.2) is 24.3 Å². The lowest BCUT2D eigenvalue weighted by atomic mass is 9.81. The number of hydrogen-bond acceptors (Lipinski definition) is 3. The van der Waals surface area contributed by atoms with E-state index in [1.165, 1.54) is 0 Å². The number of aliphatic carboxylic acids is 1. The van der Waals surface area contributed by atoms with Gasteiger partial charge in [0, 0.05) is 18.4 Å². The van der Waals surface area contributed by atoms with Crippen LogP contribution in [-0.4, -0.2) is 30.1 Å². The molecule has 3 atom stereocenters. The zero-order chi connectivity index (χ0) is 16.2. The molecule has 1 saturated carbocycles. The lowest BCUT2D eigenvalue weighted by Crippen LogP contribution is -2.38. The van der Waals surface area contributed by atoms with E-state index in [9.17, 15) is 9.59 Å². The number of hydrogen-bond donors (Lipinski definition) is 2. The maximum atomic E-state index is 12.4. The highest BCUT2D eigenvalue weighted by Gasteiger charge is 2.31. The van der Waals surface area contributed by atoms with E-state index in [1.807, 2.05) is 24.3 Å². The van der Waals surface area contributed by atoms with Crippen LogP contribution >= 0.6 is 0 Å². The molecule has 0 spiro atoms. The Balaban J connectivity index is 1.56. The first-order valence-electron chi connectivity index (χ1n) is 8.37. The molecule has 1 aromatic rings. The molecule has 3 rings (SSSR count). The summed E-state index contributed by atoms with van der Waals surface area (Å²) >= 11 is 0. The fraction of sp³-hybridized carbons (Fsp3) is 0.556. The second-order valence-corrected chi connectivity index (χ2v) is 6.52. The summed E-state index contributed by atoms with van der Waals surface area (Å²) in [5.41, 5.74) is 1.14. The summed E-state index contributed by atoms with van der Waals surface area (Å²) in [6.07, 6.45) is 3.65. The Morgan fingerprint density at radius 2 is 1.96 bits per heavy atom. The normalized spacial score (nSPS) is 26.7. The van der Waals surface area contributed by atoms with Gasteiger partial charge in [-0.25, -0.2) is 0 Å². The Hall–Kier alpha value is -2.04. The lowest BCUT2D eigenvalue weighted by molar-refractivity contribution is -0.144. The van der Waals surface area contributed by atoms with Gasteiger partial charge in [0.2, 0.25) is 5.91 Å². The molecule has 5 heteroatoms. The molecule has 3 unspecified atom stereocenters. The van der Waals surface area contributed by atoms with Crippen LogP contribution in [0.1, 0.15) is 43.6 Å². The molecule has 5 nitrogen and oxygen atoms in total. The Morgan fingerprint density at radius 3 is 2.78 bits per heavy atom. The maximum absolute atomic E-state index is 12.4. The van der Waals surface area contributed by atoms with E-state index in [1.54, 1.807) is 0 Å². The molecule has 0 radical (unpaired) electrons. The van der Waals surface area contributed by atoms with Crippen LogP contribution in [0.3, 0.4) is 0 Å². The van der Waals surface area contributed by atoms with Crippen LogP contribution in [0.2, 0.25) is 0 Å². The number of para-hydroxylation sites is 1. The number of fused-ring (bicyclic) bond motifs is 1. The number of amides is 1. The number of ether oxygens (including phenoxy) is 1. The average molecular weight is 317 g/mol. The van der Waals surface area contributed by atoms with Gasteiger partial charge in [-0.2, -0.15) is 0 Å². The third kappa shape index (κ3) is 3.66. The second-order valence-electron chi connectivity index (χ2n) is 6.52. The van der Waals surface area contributed by atoms with Crippen molar-refractivity contribution in [3.05, 3.63) is 29.8 Å². The first kappa shape index (κ1) is 15.8. The first-order chi connectivity index (χ1) is 11.1. The number of carboxylic acid groups (broad SMARTS) is 1. The van der Waals surface area contributed by atoms with Crippen molar-refractivity contribution in [2.24, 2.45) is 11.8 Å². The molecule has 1 fully saturated rings. The van der Waals surface area contributed by atoms with Crippen molar-refractivity contribution in [2.75, 3.05) is 13.2 Å². The van der Waals surface area contributed by atoms with Gasteiger partial charge in [0.25, 0.3) is 0 Å². The van der Waals surface area contributed by atoms with E-state index in [4.69, 9.17) is 9.84 Å². The standard InChI is InChI=1S/C18H23NO4/c20-17(12-4-3-5-13(10-12)18(21)22)19-11-14-8-9-23-16-7-2-1-6-15(14)16/h1-2,6-7,12-14H,3-5,8-11H2,(H,19,20)(H,21,22). The molecule has 1 aliphatic carbocycles. The number of rotatable bonds is 4. The second kappa shape index (κ2) is 7.02. The SMILES string of the molecule is O=C(O)C1CCCC(C(=O)NCC2CCOc3ccccc32)C1. The topological polar surface area (TPSA) is 75.6 Å². The van der Waals surface area contributed by atoms with Crippen molar-refractivity contribution < 1.29 is 19.4 Å². The van der Waals surface area contributed by atoms with Crippen LogP contribution < -0.4 is 10.1 Å². The van der Waals surface area contributed by atoms with Crippen molar-refractivity contribution in [3.8, 4) is 5.75 Å². The Morgan fingerprint density at radius 1 is 1.17 bits per heavy atom. The number of nitrogens with one attached hydrogen (secondary N) is 1. The number of benzene rings is 1. The molecule has 1 heterocycles. The molecule has 0 aromatic heterocycles. The zero-order valence-corrected chi connectivity index (χ0v) is 13.2. The summed E-state index contributed by atoms with van der Waals surface area (Å²) in [5.74, 6) is -0.145. The van der Waals surface area contributed by atoms with E-state index in [0.29, 0.717) is 26.0 Å². The highest BCUT2D eigenvalue weighted by molar-refractivity contribution is 5.80. The minimum atomic E-state index is -0.777. The Kier molecular flexibility index (Phi) is 4.84. The molecular weight excluding hydrogens is 294 g/mol. The molecule has 0 bridgehead atoms. The summed E-state index contributed by atoms with van der Waals surface area (Å²) in [6, 6.07) is 7.95. The molecule has 0 saturated heterocycles. The third-order valence-corrected chi connectivity index (χ3v) is 5.00. The molecule has 2 N–H and O–H groups in total. The first-order valence-corrected chi connectivity index (χ1v) is 8.37. The number of carbonyl (C=O) groups excluding carboxylic acids is 1. The van der Waals surface area contributed by atoms with Gasteiger partial charge in [-0.15, -0.1) is 0 Å². The van der Waals surface area contributed by atoms with Crippen molar-refractivity contribution >= 4 is 11.9 Å². The molecule has 2 aliphatic rings. The quantitative estimate of drug-likeness (QED) is 0.895. The van der Waals surface area contributed by atoms with E-state index < -0.39 is 5.97 Å². The maximum Gasteiger partial charge on any atom is 0.306 e. The number of carboxylic acids is 1. The van der Waals surface area contributed by atoms with Crippen LogP contribution in [0.4, 0.5) is 0 Å². The van der Waals surface area contributed by atoms with Crippen molar-refractivity contribution in [2.45, 2.75) is 38.0 Å². The van der Waals surface area contributed by atoms with Crippen LogP contribution in [0.25, 0.3) is 0 Å². The fourth-order valence-electron chi connectivity index (χ4n) is 3.65. The minimum Gasteiger partial charge on any atom is -0.493 e. The van der Waals surface area contributed by atoms with E-state index in [-0.39, 0.29) is 23.7 Å². The number of carbonyl (C=O) groups is 2. The van der Waals surface area contributed by atoms with E-state index in [2.05, 4.69) is 5.32 Å². The van der Waals surface area contributed by atoms with E-state index in [0.717, 1.165) is 30.6 Å². The Labute approximate surface area is 136 Å². The zero-order valence-electron chi connectivity index (χ0n) is 13.2. The summed E-state index contributed by atoms with van der Waals surface area (Å²) in [5, 5.41) is 12.2. The van der Waals surface area contributed by atoms with Gasteiger partial charge in [-0.3, -0.25) is 9.59 Å². The monoisotopic (exact) mass is 317 g/mol. The summed E-state index contributed by atoms with van der Waals surface area (Å²) in [4.78, 5) is 23.5. The average Bonchev–Trinajstić information content (AvgIpc) is 2.59. The van der Waals surface area contributed by atoms with Crippen LogP contribution in [0.5, 0.6) is 5.75 Å². The van der Waals surface area contributed by atoms with Gasteiger partial charge in [-0.05, 0) is 37.3 Å².